The van der Waals surface area contributed by atoms with E-state index in [0.29, 0.717) is 12.3 Å². The lowest BCUT2D eigenvalue weighted by Gasteiger charge is -2.34. The summed E-state index contributed by atoms with van der Waals surface area (Å²) in [5.74, 6) is 0. The van der Waals surface area contributed by atoms with Crippen LogP contribution in [0.2, 0.25) is 0 Å². The van der Waals surface area contributed by atoms with Crippen LogP contribution in [0, 0.1) is 0 Å². The predicted molar refractivity (Wildman–Crippen MR) is 101 cm³/mol. The molecule has 3 nitrogen and oxygen atoms in total. The number of benzene rings is 2. The van der Waals surface area contributed by atoms with Crippen molar-refractivity contribution in [2.45, 2.75) is 26.6 Å². The fraction of sp³-hybridized carbons (Fsp3) is 0.182. The molecular formula is C22H23NO2. The van der Waals surface area contributed by atoms with E-state index in [-0.39, 0.29) is 0 Å². The molecule has 1 unspecified atom stereocenters. The van der Waals surface area contributed by atoms with Gasteiger partial charge in [-0.3, -0.25) is 4.84 Å². The molecule has 1 atom stereocenters. The first-order chi connectivity index (χ1) is 12.1. The lowest BCUT2D eigenvalue weighted by Crippen LogP contribution is -2.29. The number of hydrogen-bond acceptors (Lipinski definition) is 3. The van der Waals surface area contributed by atoms with E-state index in [2.05, 4.69) is 6.58 Å². The van der Waals surface area contributed by atoms with Crippen LogP contribution in [-0.4, -0.2) is 16.3 Å². The maximum Gasteiger partial charge on any atom is 0.100 e. The Balaban J connectivity index is 1.97. The molecule has 0 saturated carbocycles. The van der Waals surface area contributed by atoms with Crippen LogP contribution in [0.3, 0.4) is 0 Å². The quantitative estimate of drug-likeness (QED) is 0.862. The van der Waals surface area contributed by atoms with Crippen molar-refractivity contribution in [2.75, 3.05) is 0 Å². The van der Waals surface area contributed by atoms with Gasteiger partial charge < -0.3 is 5.11 Å². The smallest absolute Gasteiger partial charge is 0.100 e. The first-order valence-electron chi connectivity index (χ1n) is 8.40. The van der Waals surface area contributed by atoms with Crippen LogP contribution < -0.4 is 0 Å². The molecule has 3 heteroatoms. The van der Waals surface area contributed by atoms with Gasteiger partial charge in [-0.2, -0.15) is 0 Å². The van der Waals surface area contributed by atoms with Crippen LogP contribution in [-0.2, 0) is 11.4 Å². The Morgan fingerprint density at radius 1 is 1.04 bits per heavy atom. The molecule has 0 aliphatic carbocycles. The lowest BCUT2D eigenvalue weighted by molar-refractivity contribution is -0.0940. The molecule has 0 radical (unpaired) electrons. The van der Waals surface area contributed by atoms with E-state index in [0.717, 1.165) is 28.0 Å². The molecule has 1 heterocycles. The summed E-state index contributed by atoms with van der Waals surface area (Å²) in [5, 5.41) is 11.8. The summed E-state index contributed by atoms with van der Waals surface area (Å²) in [7, 11) is 0. The van der Waals surface area contributed by atoms with Gasteiger partial charge in [-0.15, -0.1) is 0 Å². The van der Waals surface area contributed by atoms with Gasteiger partial charge in [0, 0.05) is 11.1 Å². The molecule has 3 rings (SSSR count). The van der Waals surface area contributed by atoms with Gasteiger partial charge >= 0.3 is 0 Å². The zero-order valence-corrected chi connectivity index (χ0v) is 14.6. The minimum Gasteiger partial charge on any atom is -0.389 e. The Morgan fingerprint density at radius 2 is 1.64 bits per heavy atom. The molecule has 0 saturated heterocycles. The third-order valence-corrected chi connectivity index (χ3v) is 4.23. The summed E-state index contributed by atoms with van der Waals surface area (Å²) in [6.07, 6.45) is 1.38. The van der Waals surface area contributed by atoms with Crippen molar-refractivity contribution in [3.8, 4) is 0 Å². The summed E-state index contributed by atoms with van der Waals surface area (Å²) in [4.78, 5) is 6.12. The third-order valence-electron chi connectivity index (χ3n) is 4.23. The van der Waals surface area contributed by atoms with E-state index in [9.17, 15) is 5.11 Å². The van der Waals surface area contributed by atoms with Crippen LogP contribution in [0.1, 0.15) is 25.0 Å². The summed E-state index contributed by atoms with van der Waals surface area (Å²) in [6, 6.07) is 20.1. The van der Waals surface area contributed by atoms with Crippen molar-refractivity contribution < 1.29 is 9.94 Å². The average molecular weight is 333 g/mol. The van der Waals surface area contributed by atoms with Gasteiger partial charge in [0.2, 0.25) is 0 Å². The SMILES string of the molecule is C=C1C(C(C)O)=CC(C)=C(c2ccccc2)N1OCc1ccccc1. The van der Waals surface area contributed by atoms with E-state index in [1.807, 2.05) is 73.7 Å². The second-order valence-corrected chi connectivity index (χ2v) is 6.17. The summed E-state index contributed by atoms with van der Waals surface area (Å²) in [5.41, 5.74) is 5.54. The normalized spacial score (nSPS) is 16.0. The molecule has 0 bridgehead atoms. The van der Waals surface area contributed by atoms with Crippen molar-refractivity contribution >= 4 is 5.70 Å². The topological polar surface area (TPSA) is 32.7 Å². The van der Waals surface area contributed by atoms with Crippen molar-refractivity contribution in [3.63, 3.8) is 0 Å². The van der Waals surface area contributed by atoms with Gasteiger partial charge in [-0.05, 0) is 31.1 Å². The van der Waals surface area contributed by atoms with Crippen LogP contribution in [0.15, 0.2) is 90.2 Å². The molecule has 0 fully saturated rings. The van der Waals surface area contributed by atoms with Crippen molar-refractivity contribution in [1.29, 1.82) is 0 Å². The molecule has 2 aromatic rings. The van der Waals surface area contributed by atoms with E-state index >= 15 is 0 Å². The molecule has 1 N–H and O–H groups in total. The molecule has 1 aliphatic rings. The van der Waals surface area contributed by atoms with Gasteiger partial charge in [-0.25, -0.2) is 5.06 Å². The Labute approximate surface area is 149 Å². The summed E-state index contributed by atoms with van der Waals surface area (Å²) >= 11 is 0. The fourth-order valence-electron chi connectivity index (χ4n) is 2.96. The highest BCUT2D eigenvalue weighted by Crippen LogP contribution is 2.36. The molecule has 0 aromatic heterocycles. The standard InChI is InChI=1S/C22H23NO2/c1-16-14-21(18(3)24)17(2)23(22(16)20-12-8-5-9-13-20)25-15-19-10-6-4-7-11-19/h4-14,18,24H,2,15H2,1,3H3. The predicted octanol–water partition coefficient (Wildman–Crippen LogP) is 4.69. The number of hydrogen-bond donors (Lipinski definition) is 1. The number of allylic oxidation sites excluding steroid dienone is 2. The zero-order chi connectivity index (χ0) is 17.8. The molecule has 0 spiro atoms. The molecule has 128 valence electrons. The number of aliphatic hydroxyl groups excluding tert-OH is 1. The second kappa shape index (κ2) is 7.51. The third kappa shape index (κ3) is 3.73. The first kappa shape index (κ1) is 17.2. The second-order valence-electron chi connectivity index (χ2n) is 6.17. The summed E-state index contributed by atoms with van der Waals surface area (Å²) < 4.78 is 0. The van der Waals surface area contributed by atoms with Crippen LogP contribution >= 0.6 is 0 Å². The van der Waals surface area contributed by atoms with Gasteiger partial charge in [0.15, 0.2) is 0 Å². The molecule has 25 heavy (non-hydrogen) atoms. The minimum absolute atomic E-state index is 0.427. The highest BCUT2D eigenvalue weighted by molar-refractivity contribution is 5.73. The number of rotatable bonds is 5. The van der Waals surface area contributed by atoms with Gasteiger partial charge in [0.05, 0.1) is 17.5 Å². The Kier molecular flexibility index (Phi) is 5.17. The number of hydroxylamine groups is 2. The van der Waals surface area contributed by atoms with Crippen molar-refractivity contribution in [2.24, 2.45) is 0 Å². The van der Waals surface area contributed by atoms with E-state index in [1.54, 1.807) is 12.0 Å². The number of nitrogens with zero attached hydrogens (tertiary/aromatic N) is 1. The fourth-order valence-corrected chi connectivity index (χ4v) is 2.96. The maximum absolute atomic E-state index is 10.1. The Morgan fingerprint density at radius 3 is 2.24 bits per heavy atom. The molecular weight excluding hydrogens is 310 g/mol. The average Bonchev–Trinajstić information content (AvgIpc) is 2.63. The largest absolute Gasteiger partial charge is 0.389 e. The van der Waals surface area contributed by atoms with E-state index in [1.165, 1.54) is 0 Å². The first-order valence-corrected chi connectivity index (χ1v) is 8.40. The monoisotopic (exact) mass is 333 g/mol. The lowest BCUT2D eigenvalue weighted by atomic mass is 9.96. The van der Waals surface area contributed by atoms with Crippen molar-refractivity contribution in [1.82, 2.24) is 5.06 Å². The highest BCUT2D eigenvalue weighted by atomic mass is 16.7. The Hall–Kier alpha value is -2.62. The molecule has 0 amide bonds. The number of aliphatic hydroxyl groups is 1. The highest BCUT2D eigenvalue weighted by Gasteiger charge is 2.27. The zero-order valence-electron chi connectivity index (χ0n) is 14.6. The van der Waals surface area contributed by atoms with Crippen LogP contribution in [0.25, 0.3) is 5.70 Å². The van der Waals surface area contributed by atoms with Crippen LogP contribution in [0.4, 0.5) is 0 Å². The maximum atomic E-state index is 10.1. The van der Waals surface area contributed by atoms with Crippen LogP contribution in [0.5, 0.6) is 0 Å². The van der Waals surface area contributed by atoms with Crippen molar-refractivity contribution in [3.05, 3.63) is 101 Å². The van der Waals surface area contributed by atoms with Gasteiger partial charge in [0.1, 0.15) is 6.61 Å². The summed E-state index contributed by atoms with van der Waals surface area (Å²) in [6.45, 7) is 8.35. The molecule has 2 aromatic carbocycles. The Bertz CT molecular complexity index is 804. The van der Waals surface area contributed by atoms with E-state index < -0.39 is 6.10 Å². The molecule has 1 aliphatic heterocycles. The van der Waals surface area contributed by atoms with Gasteiger partial charge in [0.25, 0.3) is 0 Å². The van der Waals surface area contributed by atoms with E-state index in [4.69, 9.17) is 4.84 Å². The minimum atomic E-state index is -0.609. The van der Waals surface area contributed by atoms with Gasteiger partial charge in [-0.1, -0.05) is 67.2 Å².